The lowest BCUT2D eigenvalue weighted by Crippen LogP contribution is -2.56. The highest BCUT2D eigenvalue weighted by Gasteiger charge is 2.74. The fourth-order valence-electron chi connectivity index (χ4n) is 3.80. The molecule has 23 heavy (non-hydrogen) atoms. The van der Waals surface area contributed by atoms with Crippen molar-refractivity contribution in [3.8, 4) is 0 Å². The summed E-state index contributed by atoms with van der Waals surface area (Å²) in [6.07, 6.45) is -8.89. The first kappa shape index (κ1) is 16.9. The van der Waals surface area contributed by atoms with E-state index < -0.39 is 51.7 Å². The van der Waals surface area contributed by atoms with Gasteiger partial charge in [-0.15, -0.1) is 0 Å². The molecule has 0 amide bonds. The Labute approximate surface area is 127 Å². The van der Waals surface area contributed by atoms with Gasteiger partial charge < -0.3 is 14.6 Å². The number of alkyl halides is 4. The lowest BCUT2D eigenvalue weighted by Gasteiger charge is -2.29. The van der Waals surface area contributed by atoms with Gasteiger partial charge in [-0.05, 0) is 24.7 Å². The molecule has 0 aromatic heterocycles. The van der Waals surface area contributed by atoms with Crippen molar-refractivity contribution in [1.29, 1.82) is 0 Å². The maximum Gasteiger partial charge on any atom is 0.451 e. The summed E-state index contributed by atoms with van der Waals surface area (Å²) in [5, 5.41) is 4.04. The van der Waals surface area contributed by atoms with Gasteiger partial charge in [0.2, 0.25) is 0 Å². The van der Waals surface area contributed by atoms with E-state index in [0.717, 1.165) is 0 Å². The number of hydrogen-bond donors (Lipinski definition) is 2. The molecule has 3 fully saturated rings. The monoisotopic (exact) mass is 364 g/mol. The summed E-state index contributed by atoms with van der Waals surface area (Å²) in [6, 6.07) is 0. The molecule has 3 rings (SSSR count). The van der Waals surface area contributed by atoms with Crippen molar-refractivity contribution in [1.82, 2.24) is 0 Å². The van der Waals surface area contributed by atoms with Crippen LogP contribution in [-0.4, -0.2) is 53.7 Å². The Balaban J connectivity index is 1.85. The Morgan fingerprint density at radius 2 is 1.74 bits per heavy atom. The molecule has 1 aliphatic heterocycles. The van der Waals surface area contributed by atoms with Crippen LogP contribution in [0.4, 0.5) is 17.6 Å². The summed E-state index contributed by atoms with van der Waals surface area (Å²) in [5.41, 5.74) is 0. The molecule has 1 heterocycles. The summed E-state index contributed by atoms with van der Waals surface area (Å²) < 4.78 is 91.5. The number of carbonyl (C=O) groups excluding carboxylic acids is 1. The van der Waals surface area contributed by atoms with Crippen molar-refractivity contribution in [2.24, 2.45) is 17.8 Å². The predicted molar refractivity (Wildman–Crippen MR) is 61.9 cm³/mol. The highest BCUT2D eigenvalue weighted by molar-refractivity contribution is 7.88. The second-order valence-electron chi connectivity index (χ2n) is 5.99. The molecular weight excluding hydrogens is 352 g/mol. The molecule has 2 bridgehead atoms. The van der Waals surface area contributed by atoms with Gasteiger partial charge in [-0.1, -0.05) is 0 Å². The van der Waals surface area contributed by atoms with E-state index in [4.69, 9.17) is 9.29 Å². The average Bonchev–Trinajstić information content (AvgIpc) is 2.99. The van der Waals surface area contributed by atoms with Gasteiger partial charge in [0.05, 0.1) is 0 Å². The summed E-state index contributed by atoms with van der Waals surface area (Å²) in [5.74, 6) is -3.71. The van der Waals surface area contributed by atoms with Crippen LogP contribution in [0.3, 0.4) is 0 Å². The van der Waals surface area contributed by atoms with Gasteiger partial charge in [0, 0.05) is 5.92 Å². The van der Waals surface area contributed by atoms with Gasteiger partial charge in [-0.3, -0.25) is 4.55 Å². The van der Waals surface area contributed by atoms with Crippen LogP contribution in [0.5, 0.6) is 0 Å². The number of fused-ring (bicyclic) bond motifs is 1. The van der Waals surface area contributed by atoms with E-state index in [-0.39, 0.29) is 11.8 Å². The largest absolute Gasteiger partial charge is 0.456 e. The third-order valence-electron chi connectivity index (χ3n) is 4.80. The fourth-order valence-corrected chi connectivity index (χ4v) is 4.35. The number of halogens is 4. The van der Waals surface area contributed by atoms with Crippen LogP contribution in [-0.2, 0) is 24.4 Å². The van der Waals surface area contributed by atoms with Crippen molar-refractivity contribution < 1.29 is 49.9 Å². The first-order chi connectivity index (χ1) is 10.4. The molecule has 7 unspecified atom stereocenters. The Hall–Kier alpha value is -0.980. The molecule has 2 aliphatic carbocycles. The highest BCUT2D eigenvalue weighted by Crippen LogP contribution is 2.57. The summed E-state index contributed by atoms with van der Waals surface area (Å²) >= 11 is 0. The Bertz CT molecular complexity index is 635. The number of hydrogen-bond acceptors (Lipinski definition) is 6. The summed E-state index contributed by atoms with van der Waals surface area (Å²) in [6.45, 7) is 0. The zero-order valence-electron chi connectivity index (χ0n) is 11.2. The Morgan fingerprint density at radius 3 is 2.26 bits per heavy atom. The number of aliphatic hydroxyl groups is 1. The molecule has 7 nitrogen and oxygen atoms in total. The number of carbonyl (C=O) groups is 1. The minimum absolute atomic E-state index is 0.237. The molecule has 2 N–H and O–H groups in total. The van der Waals surface area contributed by atoms with E-state index in [1.807, 2.05) is 0 Å². The minimum atomic E-state index is -6.46. The second kappa shape index (κ2) is 4.77. The van der Waals surface area contributed by atoms with Gasteiger partial charge in [-0.2, -0.15) is 21.6 Å². The lowest BCUT2D eigenvalue weighted by molar-refractivity contribution is -0.222. The summed E-state index contributed by atoms with van der Waals surface area (Å²) in [4.78, 5) is 11.6. The second-order valence-corrected chi connectivity index (χ2v) is 7.50. The SMILES string of the molecule is O=C(OC1C2CC3C(O)OC1C3C2)C(F)(C(F)(F)F)S(=O)(=O)O. The molecule has 132 valence electrons. The topological polar surface area (TPSA) is 110 Å². The molecule has 0 aromatic rings. The van der Waals surface area contributed by atoms with E-state index in [9.17, 15) is 35.9 Å². The molecule has 12 heteroatoms. The maximum atomic E-state index is 13.9. The van der Waals surface area contributed by atoms with Crippen LogP contribution in [0.2, 0.25) is 0 Å². The zero-order chi connectivity index (χ0) is 17.4. The molecule has 0 spiro atoms. The normalized spacial score (nSPS) is 41.8. The third kappa shape index (κ3) is 2.18. The van der Waals surface area contributed by atoms with E-state index in [1.165, 1.54) is 0 Å². The van der Waals surface area contributed by atoms with Gasteiger partial charge >= 0.3 is 27.3 Å². The molecule has 2 saturated carbocycles. The molecule has 7 atom stereocenters. The first-order valence-electron chi connectivity index (χ1n) is 6.65. The molecule has 0 aromatic carbocycles. The summed E-state index contributed by atoms with van der Waals surface area (Å²) in [7, 11) is -6.46. The van der Waals surface area contributed by atoms with Gasteiger partial charge in [0.15, 0.2) is 6.29 Å². The van der Waals surface area contributed by atoms with Gasteiger partial charge in [0.1, 0.15) is 12.2 Å². The van der Waals surface area contributed by atoms with Crippen LogP contribution < -0.4 is 0 Å². The lowest BCUT2D eigenvalue weighted by atomic mass is 9.87. The maximum absolute atomic E-state index is 13.9. The van der Waals surface area contributed by atoms with Crippen LogP contribution in [0.1, 0.15) is 12.8 Å². The van der Waals surface area contributed by atoms with E-state index in [2.05, 4.69) is 4.74 Å². The smallest absolute Gasteiger partial charge is 0.451 e. The van der Waals surface area contributed by atoms with Gasteiger partial charge in [-0.25, -0.2) is 9.18 Å². The number of esters is 1. The van der Waals surface area contributed by atoms with Crippen LogP contribution in [0.15, 0.2) is 0 Å². The Morgan fingerprint density at radius 1 is 1.17 bits per heavy atom. The third-order valence-corrected chi connectivity index (χ3v) is 5.91. The van der Waals surface area contributed by atoms with Crippen LogP contribution >= 0.6 is 0 Å². The molecule has 0 radical (unpaired) electrons. The van der Waals surface area contributed by atoms with Crippen molar-refractivity contribution in [3.05, 3.63) is 0 Å². The number of ether oxygens (including phenoxy) is 2. The van der Waals surface area contributed by atoms with Crippen molar-refractivity contribution in [2.45, 2.75) is 42.5 Å². The number of rotatable bonds is 3. The Kier molecular flexibility index (Phi) is 3.50. The highest BCUT2D eigenvalue weighted by atomic mass is 32.2. The first-order valence-corrected chi connectivity index (χ1v) is 8.09. The number of aliphatic hydroxyl groups excluding tert-OH is 1. The van der Waals surface area contributed by atoms with Gasteiger partial charge in [0.25, 0.3) is 0 Å². The van der Waals surface area contributed by atoms with Crippen LogP contribution in [0.25, 0.3) is 0 Å². The quantitative estimate of drug-likeness (QED) is 0.423. The fraction of sp³-hybridized carbons (Fsp3) is 0.909. The average molecular weight is 364 g/mol. The van der Waals surface area contributed by atoms with Crippen molar-refractivity contribution in [2.75, 3.05) is 0 Å². The van der Waals surface area contributed by atoms with E-state index in [1.54, 1.807) is 0 Å². The predicted octanol–water partition coefficient (Wildman–Crippen LogP) is 0.387. The van der Waals surface area contributed by atoms with Crippen molar-refractivity contribution >= 4 is 16.1 Å². The van der Waals surface area contributed by atoms with E-state index >= 15 is 0 Å². The molecule has 3 aliphatic rings. The zero-order valence-corrected chi connectivity index (χ0v) is 12.1. The molecule has 1 saturated heterocycles. The van der Waals surface area contributed by atoms with Crippen molar-refractivity contribution in [3.63, 3.8) is 0 Å². The molecular formula is C11H12F4O7S. The standard InChI is InChI=1S/C11H12F4O7S/c12-10(11(13,14)15,23(18,19)20)9(17)22-6-3-1-4-5(2-3)8(16)21-7(4)6/h3-8,16H,1-2H2,(H,18,19,20). The van der Waals surface area contributed by atoms with E-state index in [0.29, 0.717) is 12.8 Å². The van der Waals surface area contributed by atoms with Crippen LogP contribution in [0, 0.1) is 17.8 Å². The minimum Gasteiger partial charge on any atom is -0.456 e.